The molecule has 1 nitrogen and oxygen atoms in total. The van der Waals surface area contributed by atoms with Crippen molar-refractivity contribution in [3.63, 3.8) is 0 Å². The molecule has 0 saturated heterocycles. The monoisotopic (exact) mass is 245 g/mol. The maximum Gasteiger partial charge on any atom is 0.208 e. The molecule has 2 heteroatoms. The van der Waals surface area contributed by atoms with Crippen molar-refractivity contribution in [1.29, 1.82) is 0 Å². The average Bonchev–Trinajstić information content (AvgIpc) is 2.39. The molecule has 0 heterocycles. The van der Waals surface area contributed by atoms with Gasteiger partial charge in [0, 0.05) is 0 Å². The fraction of sp³-hybridized carbons (Fsp3) is 0.200. The molecule has 0 atom stereocenters. The molecule has 2 rings (SSSR count). The highest BCUT2D eigenvalue weighted by Crippen LogP contribution is 2.56. The molecule has 2 aromatic rings. The maximum absolute atomic E-state index is 11.1. The predicted octanol–water partition coefficient (Wildman–Crippen LogP) is 2.97. The summed E-state index contributed by atoms with van der Waals surface area (Å²) in [6.07, 6.45) is 0. The van der Waals surface area contributed by atoms with Crippen LogP contribution in [-0.2, 0) is 0 Å². The normalized spacial score (nSPS) is 11.8. The Morgan fingerprint density at radius 3 is 1.41 bits per heavy atom. The van der Waals surface area contributed by atoms with E-state index in [0.717, 1.165) is 10.6 Å². The summed E-state index contributed by atoms with van der Waals surface area (Å²) >= 11 is 0. The van der Waals surface area contributed by atoms with E-state index in [1.54, 1.807) is 0 Å². The second-order valence-corrected chi connectivity index (χ2v) is 7.89. The highest BCUT2D eigenvalue weighted by molar-refractivity contribution is 7.85. The Bertz CT molecular complexity index is 425. The maximum atomic E-state index is 11.1. The van der Waals surface area contributed by atoms with E-state index in [1.165, 1.54) is 0 Å². The SMILES string of the molecule is CC(C)[P+](O)(c1ccccc1)c1ccccc1. The molecule has 1 N–H and O–H groups in total. The quantitative estimate of drug-likeness (QED) is 0.824. The van der Waals surface area contributed by atoms with E-state index < -0.39 is 7.49 Å². The number of rotatable bonds is 3. The van der Waals surface area contributed by atoms with E-state index in [9.17, 15) is 4.89 Å². The minimum Gasteiger partial charge on any atom is -0.240 e. The molecule has 0 aliphatic carbocycles. The lowest BCUT2D eigenvalue weighted by Crippen LogP contribution is -2.28. The van der Waals surface area contributed by atoms with Gasteiger partial charge < -0.3 is 0 Å². The van der Waals surface area contributed by atoms with Gasteiger partial charge in [0.25, 0.3) is 0 Å². The molecule has 0 aliphatic heterocycles. The average molecular weight is 245 g/mol. The largest absolute Gasteiger partial charge is 0.240 e. The van der Waals surface area contributed by atoms with E-state index in [1.807, 2.05) is 60.7 Å². The van der Waals surface area contributed by atoms with E-state index in [4.69, 9.17) is 0 Å². The van der Waals surface area contributed by atoms with Gasteiger partial charge >= 0.3 is 0 Å². The van der Waals surface area contributed by atoms with Crippen LogP contribution in [0.15, 0.2) is 60.7 Å². The molecule has 0 aromatic heterocycles. The van der Waals surface area contributed by atoms with Crippen LogP contribution in [0.25, 0.3) is 0 Å². The van der Waals surface area contributed by atoms with Gasteiger partial charge in [-0.15, -0.1) is 0 Å². The van der Waals surface area contributed by atoms with Crippen LogP contribution >= 0.6 is 7.49 Å². The molecule has 0 saturated carbocycles. The number of hydrogen-bond donors (Lipinski definition) is 1. The summed E-state index contributed by atoms with van der Waals surface area (Å²) in [5, 5.41) is 2.11. The van der Waals surface area contributed by atoms with Crippen molar-refractivity contribution in [3.05, 3.63) is 60.7 Å². The molecule has 17 heavy (non-hydrogen) atoms. The zero-order valence-electron chi connectivity index (χ0n) is 10.2. The fourth-order valence-electron chi connectivity index (χ4n) is 2.06. The van der Waals surface area contributed by atoms with Crippen molar-refractivity contribution < 1.29 is 4.89 Å². The van der Waals surface area contributed by atoms with Crippen molar-refractivity contribution in [2.45, 2.75) is 19.5 Å². The van der Waals surface area contributed by atoms with Crippen molar-refractivity contribution in [2.24, 2.45) is 0 Å². The van der Waals surface area contributed by atoms with E-state index in [2.05, 4.69) is 13.8 Å². The first-order valence-electron chi connectivity index (χ1n) is 5.88. The van der Waals surface area contributed by atoms with Crippen molar-refractivity contribution in [1.82, 2.24) is 0 Å². The zero-order chi connectivity index (χ0) is 12.3. The molecular weight excluding hydrogens is 227 g/mol. The fourth-order valence-corrected chi connectivity index (χ4v) is 4.80. The summed E-state index contributed by atoms with van der Waals surface area (Å²) in [4.78, 5) is 11.1. The predicted molar refractivity (Wildman–Crippen MR) is 76.4 cm³/mol. The Labute approximate surface area is 104 Å². The lowest BCUT2D eigenvalue weighted by atomic mass is 10.4. The van der Waals surface area contributed by atoms with Gasteiger partial charge in [-0.2, -0.15) is 0 Å². The second kappa shape index (κ2) is 5.00. The molecule has 0 radical (unpaired) electrons. The van der Waals surface area contributed by atoms with E-state index in [-0.39, 0.29) is 5.66 Å². The van der Waals surface area contributed by atoms with Crippen molar-refractivity contribution in [3.8, 4) is 0 Å². The van der Waals surface area contributed by atoms with E-state index in [0.29, 0.717) is 0 Å². The van der Waals surface area contributed by atoms with Crippen LogP contribution in [-0.4, -0.2) is 10.6 Å². The first-order valence-corrected chi connectivity index (χ1v) is 7.69. The summed E-state index contributed by atoms with van der Waals surface area (Å²) in [7, 11) is -2.25. The van der Waals surface area contributed by atoms with Crippen LogP contribution < -0.4 is 10.6 Å². The molecule has 88 valence electrons. The van der Waals surface area contributed by atoms with Gasteiger partial charge in [-0.05, 0) is 38.1 Å². The topological polar surface area (TPSA) is 20.2 Å². The molecule has 0 amide bonds. The van der Waals surface area contributed by atoms with Gasteiger partial charge in [-0.1, -0.05) is 36.4 Å². The van der Waals surface area contributed by atoms with Gasteiger partial charge in [0.15, 0.2) is 0 Å². The van der Waals surface area contributed by atoms with Gasteiger partial charge in [0.05, 0.1) is 5.66 Å². The first-order chi connectivity index (χ1) is 8.15. The molecule has 0 spiro atoms. The summed E-state index contributed by atoms with van der Waals surface area (Å²) in [5.74, 6) is 0. The smallest absolute Gasteiger partial charge is 0.208 e. The molecule has 0 bridgehead atoms. The molecule has 0 unspecified atom stereocenters. The summed E-state index contributed by atoms with van der Waals surface area (Å²) in [5.41, 5.74) is 0.229. The van der Waals surface area contributed by atoms with Gasteiger partial charge in [-0.3, -0.25) is 0 Å². The van der Waals surface area contributed by atoms with Crippen LogP contribution in [0.5, 0.6) is 0 Å². The van der Waals surface area contributed by atoms with Crippen molar-refractivity contribution >= 4 is 18.1 Å². The standard InChI is InChI=1S/C15H18OP/c1-13(2)17(16,14-9-5-3-6-10-14)15-11-7-4-8-12-15/h3-13,16H,1-2H3/q+1. The minimum absolute atomic E-state index is 0.229. The highest BCUT2D eigenvalue weighted by atomic mass is 31.2. The molecule has 0 fully saturated rings. The third-order valence-corrected chi connectivity index (χ3v) is 6.71. The lowest BCUT2D eigenvalue weighted by molar-refractivity contribution is 0.610. The Morgan fingerprint density at radius 1 is 0.765 bits per heavy atom. The summed E-state index contributed by atoms with van der Waals surface area (Å²) in [6.45, 7) is 4.18. The number of hydrogen-bond acceptors (Lipinski definition) is 1. The Kier molecular flexibility index (Phi) is 3.61. The van der Waals surface area contributed by atoms with Crippen LogP contribution in [0.3, 0.4) is 0 Å². The highest BCUT2D eigenvalue weighted by Gasteiger charge is 2.44. The minimum atomic E-state index is -2.25. The molecular formula is C15H18OP+. The summed E-state index contributed by atoms with van der Waals surface area (Å²) < 4.78 is 0. The van der Waals surface area contributed by atoms with Crippen LogP contribution in [0, 0.1) is 0 Å². The van der Waals surface area contributed by atoms with Crippen LogP contribution in [0.1, 0.15) is 13.8 Å². The molecule has 2 aromatic carbocycles. The summed E-state index contributed by atoms with van der Waals surface area (Å²) in [6, 6.07) is 20.1. The Balaban J connectivity index is 2.55. The van der Waals surface area contributed by atoms with Gasteiger partial charge in [0.1, 0.15) is 10.6 Å². The Hall–Kier alpha value is -1.17. The van der Waals surface area contributed by atoms with Crippen LogP contribution in [0.2, 0.25) is 0 Å². The second-order valence-electron chi connectivity index (χ2n) is 4.45. The number of benzene rings is 2. The zero-order valence-corrected chi connectivity index (χ0v) is 11.1. The van der Waals surface area contributed by atoms with Crippen LogP contribution in [0.4, 0.5) is 0 Å². The van der Waals surface area contributed by atoms with E-state index >= 15 is 0 Å². The first kappa shape index (κ1) is 12.3. The van der Waals surface area contributed by atoms with Gasteiger partial charge in [0.2, 0.25) is 7.49 Å². The third-order valence-electron chi connectivity index (χ3n) is 3.05. The lowest BCUT2D eigenvalue weighted by Gasteiger charge is -2.23. The Morgan fingerprint density at radius 2 is 1.12 bits per heavy atom. The van der Waals surface area contributed by atoms with Crippen molar-refractivity contribution in [2.75, 3.05) is 0 Å². The van der Waals surface area contributed by atoms with Gasteiger partial charge in [-0.25, -0.2) is 4.89 Å². The third kappa shape index (κ3) is 2.26. The molecule has 0 aliphatic rings.